The molecule has 0 saturated heterocycles. The first-order valence-corrected chi connectivity index (χ1v) is 6.57. The maximum Gasteiger partial charge on any atom is 0.319 e. The first-order valence-electron chi connectivity index (χ1n) is 5.81. The lowest BCUT2D eigenvalue weighted by Gasteiger charge is -2.08. The van der Waals surface area contributed by atoms with Gasteiger partial charge in [0, 0.05) is 22.8 Å². The van der Waals surface area contributed by atoms with Crippen LogP contribution in [0.1, 0.15) is 11.6 Å². The molecule has 8 heteroatoms. The predicted molar refractivity (Wildman–Crippen MR) is 78.1 cm³/mol. The summed E-state index contributed by atoms with van der Waals surface area (Å²) in [4.78, 5) is 11.8. The molecule has 0 radical (unpaired) electrons. The number of carbonyl (C=O) groups is 1. The number of urea groups is 1. The lowest BCUT2D eigenvalue weighted by Crippen LogP contribution is -2.29. The summed E-state index contributed by atoms with van der Waals surface area (Å²) in [7, 11) is 1.83. The topological polar surface area (TPSA) is 71.8 Å². The van der Waals surface area contributed by atoms with Crippen molar-refractivity contribution in [3.63, 3.8) is 0 Å². The standard InChI is InChI=1S/C12H13Cl2N5O/c1-7-17-18-11(19(7)2)6-15-12(20)16-10-4-8(13)3-9(14)5-10/h3-5H,6H2,1-2H3,(H2,15,16,20). The number of aryl methyl sites for hydroxylation is 1. The van der Waals surface area contributed by atoms with Crippen LogP contribution in [0.15, 0.2) is 18.2 Å². The highest BCUT2D eigenvalue weighted by Crippen LogP contribution is 2.22. The Hall–Kier alpha value is -1.79. The van der Waals surface area contributed by atoms with E-state index in [-0.39, 0.29) is 12.6 Å². The van der Waals surface area contributed by atoms with Crippen molar-refractivity contribution in [1.29, 1.82) is 0 Å². The summed E-state index contributed by atoms with van der Waals surface area (Å²) >= 11 is 11.7. The van der Waals surface area contributed by atoms with Crippen molar-refractivity contribution < 1.29 is 4.79 Å². The van der Waals surface area contributed by atoms with E-state index in [1.165, 1.54) is 0 Å². The van der Waals surface area contributed by atoms with Gasteiger partial charge < -0.3 is 15.2 Å². The molecule has 0 aliphatic carbocycles. The van der Waals surface area contributed by atoms with Crippen molar-refractivity contribution in [2.24, 2.45) is 7.05 Å². The van der Waals surface area contributed by atoms with E-state index in [1.54, 1.807) is 22.8 Å². The van der Waals surface area contributed by atoms with Crippen LogP contribution in [0.2, 0.25) is 10.0 Å². The Morgan fingerprint density at radius 2 is 1.90 bits per heavy atom. The smallest absolute Gasteiger partial charge is 0.319 e. The number of halogens is 2. The first kappa shape index (κ1) is 14.6. The molecule has 106 valence electrons. The van der Waals surface area contributed by atoms with Crippen LogP contribution in [0.3, 0.4) is 0 Å². The number of hydrogen-bond donors (Lipinski definition) is 2. The van der Waals surface area contributed by atoms with Crippen molar-refractivity contribution >= 4 is 34.9 Å². The van der Waals surface area contributed by atoms with Gasteiger partial charge in [0.1, 0.15) is 5.82 Å². The van der Waals surface area contributed by atoms with Crippen molar-refractivity contribution in [2.45, 2.75) is 13.5 Å². The van der Waals surface area contributed by atoms with E-state index >= 15 is 0 Å². The number of nitrogens with one attached hydrogen (secondary N) is 2. The van der Waals surface area contributed by atoms with E-state index in [0.717, 1.165) is 5.82 Å². The van der Waals surface area contributed by atoms with Crippen LogP contribution in [0.5, 0.6) is 0 Å². The van der Waals surface area contributed by atoms with Gasteiger partial charge in [-0.1, -0.05) is 23.2 Å². The molecular formula is C12H13Cl2N5O. The molecule has 0 atom stereocenters. The fourth-order valence-electron chi connectivity index (χ4n) is 1.57. The van der Waals surface area contributed by atoms with Crippen LogP contribution in [0.4, 0.5) is 10.5 Å². The molecular weight excluding hydrogens is 301 g/mol. The summed E-state index contributed by atoms with van der Waals surface area (Å²) in [5.41, 5.74) is 0.522. The molecule has 6 nitrogen and oxygen atoms in total. The highest BCUT2D eigenvalue weighted by molar-refractivity contribution is 6.35. The molecule has 1 heterocycles. The molecule has 1 aromatic heterocycles. The minimum atomic E-state index is -0.371. The molecule has 0 aliphatic heterocycles. The molecule has 0 fully saturated rings. The van der Waals surface area contributed by atoms with Gasteiger partial charge >= 0.3 is 6.03 Å². The fourth-order valence-corrected chi connectivity index (χ4v) is 2.09. The number of amides is 2. The predicted octanol–water partition coefficient (Wildman–Crippen LogP) is 2.75. The van der Waals surface area contributed by atoms with Gasteiger partial charge in [-0.25, -0.2) is 4.79 Å². The monoisotopic (exact) mass is 313 g/mol. The van der Waals surface area contributed by atoms with Crippen LogP contribution >= 0.6 is 23.2 Å². The second-order valence-electron chi connectivity index (χ2n) is 4.19. The van der Waals surface area contributed by atoms with Crippen LogP contribution < -0.4 is 10.6 Å². The third-order valence-corrected chi connectivity index (χ3v) is 3.15. The maximum absolute atomic E-state index is 11.8. The largest absolute Gasteiger partial charge is 0.331 e. The molecule has 2 rings (SSSR count). The Labute approximate surface area is 126 Å². The first-order chi connectivity index (χ1) is 9.45. The van der Waals surface area contributed by atoms with Gasteiger partial charge in [0.2, 0.25) is 0 Å². The maximum atomic E-state index is 11.8. The van der Waals surface area contributed by atoms with E-state index < -0.39 is 0 Å². The number of benzene rings is 1. The van der Waals surface area contributed by atoms with E-state index in [0.29, 0.717) is 21.6 Å². The Morgan fingerprint density at radius 3 is 2.45 bits per heavy atom. The molecule has 1 aromatic carbocycles. The van der Waals surface area contributed by atoms with Gasteiger partial charge in [-0.15, -0.1) is 10.2 Å². The molecule has 0 spiro atoms. The second-order valence-corrected chi connectivity index (χ2v) is 5.06. The van der Waals surface area contributed by atoms with Crippen molar-refractivity contribution in [3.05, 3.63) is 39.9 Å². The Kier molecular flexibility index (Phi) is 4.46. The lowest BCUT2D eigenvalue weighted by atomic mass is 10.3. The van der Waals surface area contributed by atoms with Crippen LogP contribution in [-0.2, 0) is 13.6 Å². The van der Waals surface area contributed by atoms with Crippen LogP contribution in [0, 0.1) is 6.92 Å². The third kappa shape index (κ3) is 3.61. The van der Waals surface area contributed by atoms with Crippen molar-refractivity contribution in [3.8, 4) is 0 Å². The summed E-state index contributed by atoms with van der Waals surface area (Å²) in [6, 6.07) is 4.44. The Balaban J connectivity index is 1.94. The highest BCUT2D eigenvalue weighted by atomic mass is 35.5. The van der Waals surface area contributed by atoms with Crippen LogP contribution in [-0.4, -0.2) is 20.8 Å². The normalized spacial score (nSPS) is 10.4. The zero-order valence-electron chi connectivity index (χ0n) is 10.9. The zero-order valence-corrected chi connectivity index (χ0v) is 12.5. The Bertz CT molecular complexity index is 621. The number of anilines is 1. The van der Waals surface area contributed by atoms with Crippen LogP contribution in [0.25, 0.3) is 0 Å². The number of rotatable bonds is 3. The third-order valence-electron chi connectivity index (χ3n) is 2.71. The average molecular weight is 314 g/mol. The van der Waals surface area contributed by atoms with Gasteiger partial charge in [0.15, 0.2) is 5.82 Å². The van der Waals surface area contributed by atoms with E-state index in [1.807, 2.05) is 14.0 Å². The summed E-state index contributed by atoms with van der Waals surface area (Å²) in [6.07, 6.45) is 0. The minimum absolute atomic E-state index is 0.275. The fraction of sp³-hybridized carbons (Fsp3) is 0.250. The molecule has 0 aliphatic rings. The van der Waals surface area contributed by atoms with Gasteiger partial charge in [0.25, 0.3) is 0 Å². The molecule has 0 bridgehead atoms. The lowest BCUT2D eigenvalue weighted by molar-refractivity contribution is 0.251. The molecule has 2 amide bonds. The summed E-state index contributed by atoms with van der Waals surface area (Å²) < 4.78 is 1.80. The molecule has 2 N–H and O–H groups in total. The average Bonchev–Trinajstić information content (AvgIpc) is 2.66. The summed E-state index contributed by atoms with van der Waals surface area (Å²) in [5.74, 6) is 1.45. The van der Waals surface area contributed by atoms with Crippen molar-refractivity contribution in [1.82, 2.24) is 20.1 Å². The molecule has 0 unspecified atom stereocenters. The Morgan fingerprint density at radius 1 is 1.25 bits per heavy atom. The number of nitrogens with zero attached hydrogens (tertiary/aromatic N) is 3. The SMILES string of the molecule is Cc1nnc(CNC(=O)Nc2cc(Cl)cc(Cl)c2)n1C. The van der Waals surface area contributed by atoms with Gasteiger partial charge in [0.05, 0.1) is 6.54 Å². The van der Waals surface area contributed by atoms with E-state index in [2.05, 4.69) is 20.8 Å². The summed E-state index contributed by atoms with van der Waals surface area (Å²) in [5, 5.41) is 14.1. The second kappa shape index (κ2) is 6.11. The molecule has 0 saturated carbocycles. The van der Waals surface area contributed by atoms with E-state index in [4.69, 9.17) is 23.2 Å². The zero-order chi connectivity index (χ0) is 14.7. The minimum Gasteiger partial charge on any atom is -0.331 e. The quantitative estimate of drug-likeness (QED) is 0.915. The van der Waals surface area contributed by atoms with Gasteiger partial charge in [-0.05, 0) is 25.1 Å². The molecule has 20 heavy (non-hydrogen) atoms. The number of hydrogen-bond acceptors (Lipinski definition) is 3. The molecule has 2 aromatic rings. The van der Waals surface area contributed by atoms with Crippen molar-refractivity contribution in [2.75, 3.05) is 5.32 Å². The van der Waals surface area contributed by atoms with E-state index in [9.17, 15) is 4.79 Å². The van der Waals surface area contributed by atoms with Gasteiger partial charge in [-0.3, -0.25) is 0 Å². The van der Waals surface area contributed by atoms with Gasteiger partial charge in [-0.2, -0.15) is 0 Å². The summed E-state index contributed by atoms with van der Waals surface area (Å²) in [6.45, 7) is 2.11. The highest BCUT2D eigenvalue weighted by Gasteiger charge is 2.08. The number of aromatic nitrogens is 3. The number of carbonyl (C=O) groups excluding carboxylic acids is 1.